The van der Waals surface area contributed by atoms with Crippen molar-refractivity contribution < 1.29 is 22.7 Å². The van der Waals surface area contributed by atoms with Crippen LogP contribution in [0.5, 0.6) is 11.5 Å². The third-order valence-electron chi connectivity index (χ3n) is 4.79. The van der Waals surface area contributed by atoms with Gasteiger partial charge in [0.1, 0.15) is 5.75 Å². The molecule has 3 aromatic rings. The van der Waals surface area contributed by atoms with Gasteiger partial charge in [-0.1, -0.05) is 11.6 Å². The SMILES string of the molecule is CN(C)S(=O)(=O)c1ccc(C(=O)Nc2ccc3c(c2)C(=O)Nc2cc(Cl)ccc2O3)cc1. The summed E-state index contributed by atoms with van der Waals surface area (Å²) in [6, 6.07) is 15.2. The molecule has 0 aromatic heterocycles. The topological polar surface area (TPSA) is 105 Å². The molecule has 0 saturated heterocycles. The third kappa shape index (κ3) is 4.18. The second-order valence-electron chi connectivity index (χ2n) is 7.17. The zero-order chi connectivity index (χ0) is 23.0. The Kier molecular flexibility index (Phi) is 5.64. The van der Waals surface area contributed by atoms with E-state index in [0.717, 1.165) is 4.31 Å². The van der Waals surface area contributed by atoms with Crippen molar-refractivity contribution in [2.24, 2.45) is 0 Å². The zero-order valence-corrected chi connectivity index (χ0v) is 18.6. The number of sulfonamides is 1. The average molecular weight is 472 g/mol. The van der Waals surface area contributed by atoms with Crippen LogP contribution in [0, 0.1) is 0 Å². The van der Waals surface area contributed by atoms with E-state index in [1.54, 1.807) is 30.3 Å². The normalized spacial score (nSPS) is 12.8. The molecule has 1 aliphatic rings. The molecule has 0 spiro atoms. The Morgan fingerprint density at radius 3 is 2.38 bits per heavy atom. The van der Waals surface area contributed by atoms with Gasteiger partial charge in [-0.25, -0.2) is 12.7 Å². The molecule has 3 aromatic carbocycles. The van der Waals surface area contributed by atoms with Gasteiger partial charge in [-0.3, -0.25) is 9.59 Å². The molecule has 1 aliphatic heterocycles. The molecule has 0 fully saturated rings. The lowest BCUT2D eigenvalue weighted by Crippen LogP contribution is -2.22. The van der Waals surface area contributed by atoms with Crippen LogP contribution < -0.4 is 15.4 Å². The molecule has 8 nitrogen and oxygen atoms in total. The molecule has 0 atom stereocenters. The van der Waals surface area contributed by atoms with Gasteiger partial charge in [0.2, 0.25) is 10.0 Å². The second-order valence-corrected chi connectivity index (χ2v) is 9.76. The van der Waals surface area contributed by atoms with Crippen LogP contribution in [0.4, 0.5) is 11.4 Å². The van der Waals surface area contributed by atoms with Crippen molar-refractivity contribution in [1.82, 2.24) is 4.31 Å². The van der Waals surface area contributed by atoms with Crippen LogP contribution in [0.25, 0.3) is 0 Å². The summed E-state index contributed by atoms with van der Waals surface area (Å²) < 4.78 is 31.3. The van der Waals surface area contributed by atoms with E-state index in [4.69, 9.17) is 16.3 Å². The summed E-state index contributed by atoms with van der Waals surface area (Å²) in [5, 5.41) is 5.90. The molecule has 0 aliphatic carbocycles. The highest BCUT2D eigenvalue weighted by atomic mass is 35.5. The van der Waals surface area contributed by atoms with Crippen LogP contribution >= 0.6 is 11.6 Å². The summed E-state index contributed by atoms with van der Waals surface area (Å²) in [4.78, 5) is 25.4. The first kappa shape index (κ1) is 21.8. The maximum Gasteiger partial charge on any atom is 0.259 e. The van der Waals surface area contributed by atoms with E-state index >= 15 is 0 Å². The van der Waals surface area contributed by atoms with Crippen molar-refractivity contribution in [2.45, 2.75) is 4.90 Å². The smallest absolute Gasteiger partial charge is 0.259 e. The van der Waals surface area contributed by atoms with Crippen LogP contribution in [0.15, 0.2) is 65.6 Å². The van der Waals surface area contributed by atoms with Gasteiger partial charge >= 0.3 is 0 Å². The highest BCUT2D eigenvalue weighted by Gasteiger charge is 2.22. The summed E-state index contributed by atoms with van der Waals surface area (Å²) in [5.41, 5.74) is 1.32. The molecular formula is C22H18ClN3O5S. The number of hydrogen-bond acceptors (Lipinski definition) is 5. The van der Waals surface area contributed by atoms with E-state index in [-0.39, 0.29) is 16.0 Å². The predicted molar refractivity (Wildman–Crippen MR) is 121 cm³/mol. The maximum atomic E-state index is 12.7. The Morgan fingerprint density at radius 1 is 1.00 bits per heavy atom. The molecule has 4 rings (SSSR count). The van der Waals surface area contributed by atoms with E-state index in [9.17, 15) is 18.0 Å². The number of amides is 2. The summed E-state index contributed by atoms with van der Waals surface area (Å²) in [6.07, 6.45) is 0. The molecule has 164 valence electrons. The number of hydrogen-bond donors (Lipinski definition) is 2. The largest absolute Gasteiger partial charge is 0.454 e. The van der Waals surface area contributed by atoms with Crippen molar-refractivity contribution in [2.75, 3.05) is 24.7 Å². The summed E-state index contributed by atoms with van der Waals surface area (Å²) in [5.74, 6) is -0.0787. The molecule has 0 bridgehead atoms. The molecule has 2 amide bonds. The van der Waals surface area contributed by atoms with E-state index in [1.807, 2.05) is 0 Å². The number of carbonyl (C=O) groups is 2. The quantitative estimate of drug-likeness (QED) is 0.593. The maximum absolute atomic E-state index is 12.7. The Labute approximate surface area is 189 Å². The molecule has 0 unspecified atom stereocenters. The molecule has 32 heavy (non-hydrogen) atoms. The van der Waals surface area contributed by atoms with Crippen molar-refractivity contribution in [1.29, 1.82) is 0 Å². The number of ether oxygens (including phenoxy) is 1. The average Bonchev–Trinajstić information content (AvgIpc) is 2.89. The van der Waals surface area contributed by atoms with E-state index in [1.165, 1.54) is 44.4 Å². The number of rotatable bonds is 4. The predicted octanol–water partition coefficient (Wildman–Crippen LogP) is 4.20. The third-order valence-corrected chi connectivity index (χ3v) is 6.85. The van der Waals surface area contributed by atoms with Crippen molar-refractivity contribution in [3.8, 4) is 11.5 Å². The van der Waals surface area contributed by atoms with Crippen LogP contribution in [0.2, 0.25) is 5.02 Å². The number of halogens is 1. The molecule has 0 saturated carbocycles. The molecule has 0 radical (unpaired) electrons. The lowest BCUT2D eigenvalue weighted by Gasteiger charge is -2.12. The fourth-order valence-corrected chi connectivity index (χ4v) is 4.14. The van der Waals surface area contributed by atoms with Crippen LogP contribution in [-0.4, -0.2) is 38.6 Å². The minimum Gasteiger partial charge on any atom is -0.454 e. The van der Waals surface area contributed by atoms with Gasteiger partial charge < -0.3 is 15.4 Å². The highest BCUT2D eigenvalue weighted by molar-refractivity contribution is 7.89. The van der Waals surface area contributed by atoms with Crippen LogP contribution in [-0.2, 0) is 10.0 Å². The summed E-state index contributed by atoms with van der Waals surface area (Å²) >= 11 is 5.99. The highest BCUT2D eigenvalue weighted by Crippen LogP contribution is 2.38. The number of carbonyl (C=O) groups excluding carboxylic acids is 2. The monoisotopic (exact) mass is 471 g/mol. The Balaban J connectivity index is 1.55. The minimum atomic E-state index is -3.59. The van der Waals surface area contributed by atoms with E-state index in [0.29, 0.717) is 27.9 Å². The molecule has 10 heteroatoms. The summed E-state index contributed by atoms with van der Waals surface area (Å²) in [7, 11) is -0.725. The van der Waals surface area contributed by atoms with Gasteiger partial charge in [-0.05, 0) is 60.7 Å². The van der Waals surface area contributed by atoms with Gasteiger partial charge in [0.05, 0.1) is 16.1 Å². The van der Waals surface area contributed by atoms with Crippen LogP contribution in [0.3, 0.4) is 0 Å². The van der Waals surface area contributed by atoms with Gasteiger partial charge in [0.15, 0.2) is 5.75 Å². The first-order chi connectivity index (χ1) is 15.1. The fourth-order valence-electron chi connectivity index (χ4n) is 3.06. The first-order valence-corrected chi connectivity index (χ1v) is 11.2. The molecule has 2 N–H and O–H groups in total. The number of benzene rings is 3. The number of anilines is 2. The van der Waals surface area contributed by atoms with Crippen molar-refractivity contribution >= 4 is 44.8 Å². The number of nitrogens with zero attached hydrogens (tertiary/aromatic N) is 1. The Hall–Kier alpha value is -3.40. The minimum absolute atomic E-state index is 0.0811. The zero-order valence-electron chi connectivity index (χ0n) is 17.0. The fraction of sp³-hybridized carbons (Fsp3) is 0.0909. The Bertz CT molecular complexity index is 1340. The van der Waals surface area contributed by atoms with Gasteiger partial charge in [-0.2, -0.15) is 0 Å². The van der Waals surface area contributed by atoms with E-state index in [2.05, 4.69) is 10.6 Å². The molecular weight excluding hydrogens is 454 g/mol. The van der Waals surface area contributed by atoms with Gasteiger partial charge in [0, 0.05) is 30.4 Å². The van der Waals surface area contributed by atoms with E-state index < -0.39 is 21.8 Å². The standard InChI is InChI=1S/C22H18ClN3O5S/c1-26(2)32(29,30)16-7-3-13(4-8-16)21(27)24-15-6-10-19-17(12-15)22(28)25-18-11-14(23)5-9-20(18)31-19/h3-12H,1-2H3,(H,24,27)(H,25,28). The van der Waals surface area contributed by atoms with Crippen LogP contribution in [0.1, 0.15) is 20.7 Å². The number of nitrogens with one attached hydrogen (secondary N) is 2. The van der Waals surface area contributed by atoms with Crippen molar-refractivity contribution in [3.63, 3.8) is 0 Å². The number of fused-ring (bicyclic) bond motifs is 2. The Morgan fingerprint density at radius 2 is 1.69 bits per heavy atom. The van der Waals surface area contributed by atoms with Crippen molar-refractivity contribution in [3.05, 3.63) is 76.8 Å². The lowest BCUT2D eigenvalue weighted by atomic mass is 10.1. The first-order valence-electron chi connectivity index (χ1n) is 9.42. The van der Waals surface area contributed by atoms with Gasteiger partial charge in [0.25, 0.3) is 11.8 Å². The lowest BCUT2D eigenvalue weighted by molar-refractivity contribution is 0.101. The van der Waals surface area contributed by atoms with Gasteiger partial charge in [-0.15, -0.1) is 0 Å². The molecule has 1 heterocycles. The second kappa shape index (κ2) is 8.27. The summed E-state index contributed by atoms with van der Waals surface area (Å²) in [6.45, 7) is 0.